The van der Waals surface area contributed by atoms with Crippen LogP contribution in [0.1, 0.15) is 65.4 Å². The van der Waals surface area contributed by atoms with Crippen LogP contribution in [-0.2, 0) is 26.3 Å². The van der Waals surface area contributed by atoms with Crippen LogP contribution in [0.2, 0.25) is 0 Å². The number of aromatic nitrogens is 2. The Morgan fingerprint density at radius 3 is 2.49 bits per heavy atom. The van der Waals surface area contributed by atoms with Crippen LogP contribution in [0.4, 0.5) is 5.95 Å². The van der Waals surface area contributed by atoms with Gasteiger partial charge >= 0.3 is 5.97 Å². The van der Waals surface area contributed by atoms with Crippen molar-refractivity contribution < 1.29 is 14.3 Å². The van der Waals surface area contributed by atoms with E-state index in [-0.39, 0.29) is 18.3 Å². The van der Waals surface area contributed by atoms with Crippen molar-refractivity contribution in [2.45, 2.75) is 71.8 Å². The van der Waals surface area contributed by atoms with Gasteiger partial charge in [0, 0.05) is 26.2 Å². The highest BCUT2D eigenvalue weighted by molar-refractivity contribution is 5.89. The molecule has 1 aromatic carbocycles. The van der Waals surface area contributed by atoms with E-state index in [2.05, 4.69) is 20.9 Å². The highest BCUT2D eigenvalue weighted by Crippen LogP contribution is 2.30. The first kappa shape index (κ1) is 27.0. The summed E-state index contributed by atoms with van der Waals surface area (Å²) in [6.07, 6.45) is 5.20. The molecule has 0 aliphatic carbocycles. The Labute approximate surface area is 210 Å². The third kappa shape index (κ3) is 6.54. The van der Waals surface area contributed by atoms with Gasteiger partial charge in [0.2, 0.25) is 11.9 Å². The fourth-order valence-electron chi connectivity index (χ4n) is 4.92. The molecule has 35 heavy (non-hydrogen) atoms. The fourth-order valence-corrected chi connectivity index (χ4v) is 4.92. The molecule has 0 spiro atoms. The quantitative estimate of drug-likeness (QED) is 0.457. The molecule has 0 radical (unpaired) electrons. The smallest absolute Gasteiger partial charge is 0.307 e. The normalized spacial score (nSPS) is 14.8. The minimum Gasteiger partial charge on any atom is -0.469 e. The molecule has 1 aromatic heterocycles. The topological polar surface area (TPSA) is 79.7 Å². The molecule has 194 valence electrons. The summed E-state index contributed by atoms with van der Waals surface area (Å²) >= 11 is 0. The van der Waals surface area contributed by atoms with Crippen molar-refractivity contribution in [3.63, 3.8) is 0 Å². The number of esters is 1. The SMILES string of the molecule is CCN(CC)C(=O)C(C)(C)c1ccc2nc(NCCC(=O)OC)n(CCCN3CCCCC3)c2c1. The van der Waals surface area contributed by atoms with E-state index in [1.165, 1.54) is 39.5 Å². The largest absolute Gasteiger partial charge is 0.469 e. The van der Waals surface area contributed by atoms with Crippen LogP contribution >= 0.6 is 0 Å². The Morgan fingerprint density at radius 2 is 1.83 bits per heavy atom. The zero-order valence-electron chi connectivity index (χ0n) is 22.2. The predicted molar refractivity (Wildman–Crippen MR) is 141 cm³/mol. The fraction of sp³-hybridized carbons (Fsp3) is 0.667. The van der Waals surface area contributed by atoms with Gasteiger partial charge in [-0.25, -0.2) is 4.98 Å². The zero-order valence-corrected chi connectivity index (χ0v) is 22.2. The standard InChI is InChI=1S/C27H43N5O3/c1-6-31(7-2)25(34)27(3,4)21-12-13-22-23(20-21)32(19-11-18-30-16-9-8-10-17-30)26(29-22)28-15-14-24(33)35-5/h12-13,20H,6-11,14-19H2,1-5H3,(H,28,29). The second kappa shape index (κ2) is 12.4. The molecule has 0 bridgehead atoms. The number of ether oxygens (including phenoxy) is 1. The molecule has 2 heterocycles. The summed E-state index contributed by atoms with van der Waals surface area (Å²) in [5.74, 6) is 0.645. The monoisotopic (exact) mass is 485 g/mol. The lowest BCUT2D eigenvalue weighted by Crippen LogP contribution is -2.43. The molecule has 3 rings (SSSR count). The van der Waals surface area contributed by atoms with Gasteiger partial charge in [-0.3, -0.25) is 9.59 Å². The van der Waals surface area contributed by atoms with E-state index in [0.717, 1.165) is 42.1 Å². The average Bonchev–Trinajstić information content (AvgIpc) is 3.21. The minimum absolute atomic E-state index is 0.134. The van der Waals surface area contributed by atoms with E-state index in [0.29, 0.717) is 19.6 Å². The Kier molecular flexibility index (Phi) is 9.55. The molecule has 8 nitrogen and oxygen atoms in total. The molecule has 2 aromatic rings. The first-order chi connectivity index (χ1) is 16.8. The minimum atomic E-state index is -0.637. The number of nitrogens with zero attached hydrogens (tertiary/aromatic N) is 4. The maximum Gasteiger partial charge on any atom is 0.307 e. The summed E-state index contributed by atoms with van der Waals surface area (Å²) < 4.78 is 6.98. The number of likely N-dealkylation sites (tertiary alicyclic amines) is 1. The van der Waals surface area contributed by atoms with Crippen molar-refractivity contribution in [1.82, 2.24) is 19.4 Å². The van der Waals surface area contributed by atoms with Crippen molar-refractivity contribution in [2.24, 2.45) is 0 Å². The summed E-state index contributed by atoms with van der Waals surface area (Å²) in [7, 11) is 1.40. The molecule has 1 aliphatic rings. The molecule has 0 unspecified atom stereocenters. The number of rotatable bonds is 12. The lowest BCUT2D eigenvalue weighted by atomic mass is 9.83. The molecule has 1 aliphatic heterocycles. The summed E-state index contributed by atoms with van der Waals surface area (Å²) in [6.45, 7) is 14.1. The van der Waals surface area contributed by atoms with Gasteiger partial charge in [0.05, 0.1) is 30.0 Å². The number of methoxy groups -OCH3 is 1. The summed E-state index contributed by atoms with van der Waals surface area (Å²) in [6, 6.07) is 6.15. The van der Waals surface area contributed by atoms with Crippen LogP contribution < -0.4 is 5.32 Å². The number of fused-ring (bicyclic) bond motifs is 1. The van der Waals surface area contributed by atoms with E-state index in [1.54, 1.807) is 0 Å². The molecule has 0 atom stereocenters. The van der Waals surface area contributed by atoms with Crippen molar-refractivity contribution in [2.75, 3.05) is 51.7 Å². The van der Waals surface area contributed by atoms with E-state index in [1.807, 2.05) is 44.7 Å². The molecular weight excluding hydrogens is 442 g/mol. The number of benzene rings is 1. The van der Waals surface area contributed by atoms with Crippen molar-refractivity contribution in [1.29, 1.82) is 0 Å². The van der Waals surface area contributed by atoms with E-state index < -0.39 is 5.41 Å². The van der Waals surface area contributed by atoms with Gasteiger partial charge in [-0.15, -0.1) is 0 Å². The first-order valence-corrected chi connectivity index (χ1v) is 13.1. The molecular formula is C27H43N5O3. The third-order valence-electron chi connectivity index (χ3n) is 7.20. The van der Waals surface area contributed by atoms with Crippen molar-refractivity contribution in [3.05, 3.63) is 23.8 Å². The molecule has 1 saturated heterocycles. The van der Waals surface area contributed by atoms with Gasteiger partial charge in [-0.2, -0.15) is 0 Å². The number of hydrogen-bond acceptors (Lipinski definition) is 6. The van der Waals surface area contributed by atoms with Gasteiger partial charge in [0.15, 0.2) is 0 Å². The summed E-state index contributed by atoms with van der Waals surface area (Å²) in [5.41, 5.74) is 2.25. The first-order valence-electron chi connectivity index (χ1n) is 13.1. The van der Waals surface area contributed by atoms with Crippen molar-refractivity contribution in [3.8, 4) is 0 Å². The number of aryl methyl sites for hydroxylation is 1. The third-order valence-corrected chi connectivity index (χ3v) is 7.20. The van der Waals surface area contributed by atoms with Gasteiger partial charge < -0.3 is 24.4 Å². The van der Waals surface area contributed by atoms with E-state index in [9.17, 15) is 9.59 Å². The lowest BCUT2D eigenvalue weighted by Gasteiger charge is -2.31. The number of piperidine rings is 1. The number of nitrogens with one attached hydrogen (secondary N) is 1. The number of anilines is 1. The van der Waals surface area contributed by atoms with Crippen LogP contribution in [-0.4, -0.2) is 77.6 Å². The van der Waals surface area contributed by atoms with E-state index >= 15 is 0 Å². The van der Waals surface area contributed by atoms with Gasteiger partial charge in [0.25, 0.3) is 0 Å². The average molecular weight is 486 g/mol. The number of imidazole rings is 1. The number of likely N-dealkylation sites (N-methyl/N-ethyl adjacent to an activating group) is 1. The van der Waals surface area contributed by atoms with Crippen LogP contribution in [0.5, 0.6) is 0 Å². The van der Waals surface area contributed by atoms with Gasteiger partial charge in [-0.1, -0.05) is 12.5 Å². The van der Waals surface area contributed by atoms with Crippen molar-refractivity contribution >= 4 is 28.9 Å². The highest BCUT2D eigenvalue weighted by Gasteiger charge is 2.33. The second-order valence-electron chi connectivity index (χ2n) is 9.90. The van der Waals surface area contributed by atoms with Crippen LogP contribution in [0.15, 0.2) is 18.2 Å². The van der Waals surface area contributed by atoms with Gasteiger partial charge in [0.1, 0.15) is 0 Å². The summed E-state index contributed by atoms with van der Waals surface area (Å²) in [4.78, 5) is 34.1. The van der Waals surface area contributed by atoms with Crippen LogP contribution in [0, 0.1) is 0 Å². The Bertz CT molecular complexity index is 990. The number of hydrogen-bond donors (Lipinski definition) is 1. The highest BCUT2D eigenvalue weighted by atomic mass is 16.5. The second-order valence-corrected chi connectivity index (χ2v) is 9.90. The number of carbonyl (C=O) groups is 2. The Morgan fingerprint density at radius 1 is 1.11 bits per heavy atom. The summed E-state index contributed by atoms with van der Waals surface area (Å²) in [5, 5.41) is 3.34. The molecule has 1 fully saturated rings. The van der Waals surface area contributed by atoms with E-state index in [4.69, 9.17) is 9.72 Å². The lowest BCUT2D eigenvalue weighted by molar-refractivity contribution is -0.140. The Balaban J connectivity index is 1.87. The number of amides is 1. The molecule has 1 amide bonds. The van der Waals surface area contributed by atoms with Crippen LogP contribution in [0.3, 0.4) is 0 Å². The Hall–Kier alpha value is -2.61. The molecule has 8 heteroatoms. The van der Waals surface area contributed by atoms with Gasteiger partial charge in [-0.05, 0) is 84.3 Å². The maximum atomic E-state index is 13.3. The van der Waals surface area contributed by atoms with Crippen LogP contribution in [0.25, 0.3) is 11.0 Å². The molecule has 0 saturated carbocycles. The predicted octanol–water partition coefficient (Wildman–Crippen LogP) is 4.03. The maximum absolute atomic E-state index is 13.3. The molecule has 1 N–H and O–H groups in total. The zero-order chi connectivity index (χ0) is 25.4. The number of carbonyl (C=O) groups excluding carboxylic acids is 2.